The van der Waals surface area contributed by atoms with E-state index in [1.165, 1.54) is 11.6 Å². The van der Waals surface area contributed by atoms with E-state index in [0.717, 1.165) is 42.1 Å². The third kappa shape index (κ3) is 4.63. The summed E-state index contributed by atoms with van der Waals surface area (Å²) in [6.07, 6.45) is 6.63. The molecule has 0 aliphatic heterocycles. The van der Waals surface area contributed by atoms with Crippen molar-refractivity contribution in [3.8, 4) is 11.5 Å². The molecule has 2 aromatic heterocycles. The Morgan fingerprint density at radius 2 is 1.82 bits per heavy atom. The second-order valence-corrected chi connectivity index (χ2v) is 9.48. The maximum Gasteiger partial charge on any atom is 0.247 e. The van der Waals surface area contributed by atoms with Crippen LogP contribution in [-0.4, -0.2) is 21.0 Å². The van der Waals surface area contributed by atoms with E-state index < -0.39 is 0 Å². The predicted molar refractivity (Wildman–Crippen MR) is 129 cm³/mol. The number of rotatable bonds is 6. The summed E-state index contributed by atoms with van der Waals surface area (Å²) in [7, 11) is 0. The van der Waals surface area contributed by atoms with Gasteiger partial charge >= 0.3 is 0 Å². The largest absolute Gasteiger partial charge is 0.421 e. The number of benzene rings is 2. The maximum absolute atomic E-state index is 13.9. The molecule has 1 saturated carbocycles. The number of hydrogen-bond acceptors (Lipinski definition) is 5. The average molecular weight is 458 g/mol. The lowest BCUT2D eigenvalue weighted by Crippen LogP contribution is -2.21. The van der Waals surface area contributed by atoms with Gasteiger partial charge in [0, 0.05) is 36.1 Å². The molecule has 5 rings (SSSR count). The van der Waals surface area contributed by atoms with Gasteiger partial charge in [0.2, 0.25) is 11.8 Å². The van der Waals surface area contributed by atoms with Crippen LogP contribution in [0.2, 0.25) is 0 Å². The molecular formula is C28H28FN3O2. The van der Waals surface area contributed by atoms with Crippen molar-refractivity contribution >= 4 is 16.7 Å². The van der Waals surface area contributed by atoms with Gasteiger partial charge in [0.15, 0.2) is 5.78 Å². The first-order valence-electron chi connectivity index (χ1n) is 12.0. The molecule has 1 aliphatic carbocycles. The molecule has 1 fully saturated rings. The lowest BCUT2D eigenvalue weighted by Gasteiger charge is -2.32. The summed E-state index contributed by atoms with van der Waals surface area (Å²) in [5.74, 6) is 2.17. The molecule has 1 atom stereocenters. The SMILES string of the molecule is Cc1nnc(-c2ccc(C(=O)C[C@H](C)C3CCC(c4ccnc5ccc(F)cc45)CC3)cc2)o1. The van der Waals surface area contributed by atoms with Crippen LogP contribution in [0.4, 0.5) is 4.39 Å². The van der Waals surface area contributed by atoms with Crippen LogP contribution in [0.3, 0.4) is 0 Å². The Morgan fingerprint density at radius 1 is 1.06 bits per heavy atom. The Bertz CT molecular complexity index is 1310. The zero-order valence-corrected chi connectivity index (χ0v) is 19.5. The number of Topliss-reactive ketones (excluding diaryl/α,β-unsaturated/α-hetero) is 1. The van der Waals surface area contributed by atoms with Gasteiger partial charge in [0.25, 0.3) is 0 Å². The smallest absolute Gasteiger partial charge is 0.247 e. The van der Waals surface area contributed by atoms with Crippen LogP contribution in [0.15, 0.2) is 59.1 Å². The fourth-order valence-electron chi connectivity index (χ4n) is 5.28. The first-order chi connectivity index (χ1) is 16.5. The van der Waals surface area contributed by atoms with E-state index >= 15 is 0 Å². The third-order valence-electron chi connectivity index (χ3n) is 7.24. The van der Waals surface area contributed by atoms with E-state index in [1.807, 2.05) is 36.5 Å². The number of hydrogen-bond donors (Lipinski definition) is 0. The van der Waals surface area contributed by atoms with Crippen LogP contribution in [0.5, 0.6) is 0 Å². The van der Waals surface area contributed by atoms with E-state index in [0.29, 0.717) is 41.5 Å². The number of fused-ring (bicyclic) bond motifs is 1. The first kappa shape index (κ1) is 22.4. The highest BCUT2D eigenvalue weighted by Crippen LogP contribution is 2.41. The topological polar surface area (TPSA) is 68.9 Å². The van der Waals surface area contributed by atoms with Crippen LogP contribution in [0.25, 0.3) is 22.4 Å². The first-order valence-corrected chi connectivity index (χ1v) is 12.0. The number of pyridine rings is 1. The van der Waals surface area contributed by atoms with Crippen molar-refractivity contribution < 1.29 is 13.6 Å². The molecule has 5 nitrogen and oxygen atoms in total. The van der Waals surface area contributed by atoms with E-state index in [2.05, 4.69) is 22.1 Å². The molecule has 2 heterocycles. The monoisotopic (exact) mass is 457 g/mol. The highest BCUT2D eigenvalue weighted by Gasteiger charge is 2.28. The van der Waals surface area contributed by atoms with Crippen molar-refractivity contribution in [2.24, 2.45) is 11.8 Å². The Balaban J connectivity index is 1.20. The lowest BCUT2D eigenvalue weighted by molar-refractivity contribution is 0.0937. The fourth-order valence-corrected chi connectivity index (χ4v) is 5.28. The average Bonchev–Trinajstić information content (AvgIpc) is 3.30. The molecule has 2 aromatic carbocycles. The van der Waals surface area contributed by atoms with Gasteiger partial charge in [-0.2, -0.15) is 0 Å². The minimum Gasteiger partial charge on any atom is -0.421 e. The van der Waals surface area contributed by atoms with Gasteiger partial charge in [0.05, 0.1) is 5.52 Å². The summed E-state index contributed by atoms with van der Waals surface area (Å²) < 4.78 is 19.3. The number of carbonyl (C=O) groups excluding carboxylic acids is 1. The van der Waals surface area contributed by atoms with Crippen LogP contribution in [0.1, 0.15) is 66.8 Å². The van der Waals surface area contributed by atoms with Gasteiger partial charge in [-0.1, -0.05) is 19.1 Å². The van der Waals surface area contributed by atoms with Crippen molar-refractivity contribution in [2.75, 3.05) is 0 Å². The quantitative estimate of drug-likeness (QED) is 0.294. The van der Waals surface area contributed by atoms with Crippen molar-refractivity contribution in [3.05, 3.63) is 77.6 Å². The van der Waals surface area contributed by atoms with E-state index in [1.54, 1.807) is 19.1 Å². The maximum atomic E-state index is 13.9. The minimum absolute atomic E-state index is 0.165. The Morgan fingerprint density at radius 3 is 2.53 bits per heavy atom. The van der Waals surface area contributed by atoms with Gasteiger partial charge in [-0.05, 0) is 85.4 Å². The minimum atomic E-state index is -0.220. The number of halogens is 1. The van der Waals surface area contributed by atoms with Crippen molar-refractivity contribution in [3.63, 3.8) is 0 Å². The number of ketones is 1. The van der Waals surface area contributed by atoms with Gasteiger partial charge in [0.1, 0.15) is 5.82 Å². The van der Waals surface area contributed by atoms with Gasteiger partial charge < -0.3 is 4.42 Å². The number of nitrogens with zero attached hydrogens (tertiary/aromatic N) is 3. The molecule has 1 aliphatic rings. The lowest BCUT2D eigenvalue weighted by atomic mass is 9.72. The molecule has 0 N–H and O–H groups in total. The molecule has 174 valence electrons. The zero-order chi connectivity index (χ0) is 23.7. The van der Waals surface area contributed by atoms with Crippen LogP contribution in [0, 0.1) is 24.6 Å². The molecule has 0 bridgehead atoms. The fraction of sp³-hybridized carbons (Fsp3) is 0.357. The second kappa shape index (κ2) is 9.45. The van der Waals surface area contributed by atoms with Crippen molar-refractivity contribution in [2.45, 2.75) is 51.9 Å². The summed E-state index contributed by atoms with van der Waals surface area (Å²) in [5.41, 5.74) is 3.57. The number of carbonyl (C=O) groups is 1. The van der Waals surface area contributed by atoms with E-state index in [9.17, 15) is 9.18 Å². The number of aryl methyl sites for hydroxylation is 1. The van der Waals surface area contributed by atoms with Gasteiger partial charge in [-0.15, -0.1) is 10.2 Å². The summed E-state index contributed by atoms with van der Waals surface area (Å²) in [6, 6.07) is 14.3. The zero-order valence-electron chi connectivity index (χ0n) is 19.5. The highest BCUT2D eigenvalue weighted by atomic mass is 19.1. The van der Waals surface area contributed by atoms with Gasteiger partial charge in [-0.25, -0.2) is 4.39 Å². The highest BCUT2D eigenvalue weighted by molar-refractivity contribution is 5.96. The standard InChI is InChI=1S/C28H28FN3O2/c1-17(15-27(33)21-7-9-22(10-8-21)28-32-31-18(2)34-28)19-3-5-20(6-4-19)24-13-14-30-26-12-11-23(29)16-25(24)26/h7-14,16-17,19-20H,3-6,15H2,1-2H3/t17-,19?,20?/m0/s1. The Hall–Kier alpha value is -3.41. The molecule has 0 unspecified atom stereocenters. The summed E-state index contributed by atoms with van der Waals surface area (Å²) >= 11 is 0. The normalized spacial score (nSPS) is 19.3. The Kier molecular flexibility index (Phi) is 6.22. The summed E-state index contributed by atoms with van der Waals surface area (Å²) in [6.45, 7) is 3.94. The molecule has 0 spiro atoms. The molecule has 0 radical (unpaired) electrons. The summed E-state index contributed by atoms with van der Waals surface area (Å²) in [4.78, 5) is 17.3. The molecule has 4 aromatic rings. The molecule has 0 saturated heterocycles. The third-order valence-corrected chi connectivity index (χ3v) is 7.24. The van der Waals surface area contributed by atoms with Crippen LogP contribution >= 0.6 is 0 Å². The summed E-state index contributed by atoms with van der Waals surface area (Å²) in [5, 5.41) is 8.80. The van der Waals surface area contributed by atoms with Crippen LogP contribution in [-0.2, 0) is 0 Å². The molecule has 0 amide bonds. The molecular weight excluding hydrogens is 429 g/mol. The second-order valence-electron chi connectivity index (χ2n) is 9.48. The van der Waals surface area contributed by atoms with Crippen molar-refractivity contribution in [1.82, 2.24) is 15.2 Å². The molecule has 34 heavy (non-hydrogen) atoms. The van der Waals surface area contributed by atoms with E-state index in [4.69, 9.17) is 4.42 Å². The predicted octanol–water partition coefficient (Wildman–Crippen LogP) is 6.92. The van der Waals surface area contributed by atoms with E-state index in [-0.39, 0.29) is 11.6 Å². The molecule has 6 heteroatoms. The number of aromatic nitrogens is 3. The van der Waals surface area contributed by atoms with Crippen molar-refractivity contribution in [1.29, 1.82) is 0 Å². The van der Waals surface area contributed by atoms with Crippen LogP contribution < -0.4 is 0 Å². The van der Waals surface area contributed by atoms with Gasteiger partial charge in [-0.3, -0.25) is 9.78 Å². The Labute approximate surface area is 198 Å².